The van der Waals surface area contributed by atoms with E-state index in [2.05, 4.69) is 72.7 Å². The Morgan fingerprint density at radius 3 is 2.34 bits per heavy atom. The highest BCUT2D eigenvalue weighted by atomic mass is 16.5. The van der Waals surface area contributed by atoms with E-state index in [4.69, 9.17) is 9.73 Å². The summed E-state index contributed by atoms with van der Waals surface area (Å²) in [5.41, 5.74) is 3.67. The smallest absolute Gasteiger partial charge is 0.191 e. The van der Waals surface area contributed by atoms with E-state index in [1.807, 2.05) is 18.2 Å². The van der Waals surface area contributed by atoms with Crippen molar-refractivity contribution in [1.82, 2.24) is 15.5 Å². The number of aliphatic hydroxyl groups excluding tert-OH is 1. The van der Waals surface area contributed by atoms with Crippen LogP contribution < -0.4 is 10.6 Å². The lowest BCUT2D eigenvalue weighted by atomic mass is 10.0. The van der Waals surface area contributed by atoms with Gasteiger partial charge in [-0.05, 0) is 37.5 Å². The fraction of sp³-hybridized carbons (Fsp3) is 0.500. The Hall–Kier alpha value is -2.41. The van der Waals surface area contributed by atoms with Crippen molar-refractivity contribution in [3.8, 4) is 0 Å². The van der Waals surface area contributed by atoms with Crippen LogP contribution in [0.3, 0.4) is 0 Å². The SMILES string of the molecule is CCNC(=NCc1ccccc1CN1CC(C)OC(C)C1)NCC(CO)c1ccccc1. The first-order chi connectivity index (χ1) is 15.6. The van der Waals surface area contributed by atoms with E-state index in [9.17, 15) is 5.11 Å². The van der Waals surface area contributed by atoms with Crippen molar-refractivity contribution in [3.63, 3.8) is 0 Å². The van der Waals surface area contributed by atoms with Gasteiger partial charge < -0.3 is 20.5 Å². The Morgan fingerprint density at radius 2 is 1.69 bits per heavy atom. The molecule has 32 heavy (non-hydrogen) atoms. The number of benzene rings is 2. The Labute approximate surface area is 192 Å². The first-order valence-electron chi connectivity index (χ1n) is 11.7. The first-order valence-corrected chi connectivity index (χ1v) is 11.7. The van der Waals surface area contributed by atoms with Crippen molar-refractivity contribution < 1.29 is 9.84 Å². The maximum absolute atomic E-state index is 9.85. The Bertz CT molecular complexity index is 833. The van der Waals surface area contributed by atoms with Gasteiger partial charge in [0.25, 0.3) is 0 Å². The van der Waals surface area contributed by atoms with E-state index in [1.54, 1.807) is 0 Å². The van der Waals surface area contributed by atoms with Crippen molar-refractivity contribution in [3.05, 3.63) is 71.3 Å². The number of guanidine groups is 1. The lowest BCUT2D eigenvalue weighted by Gasteiger charge is -2.35. The van der Waals surface area contributed by atoms with Crippen LogP contribution in [-0.2, 0) is 17.8 Å². The number of nitrogens with one attached hydrogen (secondary N) is 2. The maximum atomic E-state index is 9.85. The summed E-state index contributed by atoms with van der Waals surface area (Å²) in [5.74, 6) is 0.794. The molecular weight excluding hydrogens is 400 g/mol. The molecule has 0 spiro atoms. The summed E-state index contributed by atoms with van der Waals surface area (Å²) in [4.78, 5) is 7.31. The number of hydrogen-bond donors (Lipinski definition) is 3. The lowest BCUT2D eigenvalue weighted by molar-refractivity contribution is -0.0705. The molecular formula is C26H38N4O2. The van der Waals surface area contributed by atoms with Crippen molar-refractivity contribution in [2.75, 3.05) is 32.8 Å². The van der Waals surface area contributed by atoms with Gasteiger partial charge in [0, 0.05) is 38.6 Å². The van der Waals surface area contributed by atoms with Crippen molar-refractivity contribution in [1.29, 1.82) is 0 Å². The molecule has 0 radical (unpaired) electrons. The van der Waals surface area contributed by atoms with Crippen LogP contribution in [-0.4, -0.2) is 61.0 Å². The standard InChI is InChI=1S/C26H38N4O2/c1-4-27-26(29-15-25(19-31)22-10-6-5-7-11-22)28-14-23-12-8-9-13-24(23)18-30-16-20(2)32-21(3)17-30/h5-13,20-21,25,31H,4,14-19H2,1-3H3,(H2,27,28,29). The minimum atomic E-state index is 0.0256. The van der Waals surface area contributed by atoms with Crippen LogP contribution in [0.1, 0.15) is 43.4 Å². The van der Waals surface area contributed by atoms with E-state index in [0.717, 1.165) is 37.7 Å². The molecule has 1 aliphatic rings. The second-order valence-electron chi connectivity index (χ2n) is 8.59. The molecule has 2 aromatic carbocycles. The minimum absolute atomic E-state index is 0.0256. The molecule has 1 aliphatic heterocycles. The minimum Gasteiger partial charge on any atom is -0.396 e. The van der Waals surface area contributed by atoms with Crippen LogP contribution in [0.25, 0.3) is 0 Å². The number of hydrogen-bond acceptors (Lipinski definition) is 4. The molecule has 0 aliphatic carbocycles. The van der Waals surface area contributed by atoms with E-state index < -0.39 is 0 Å². The number of aliphatic imine (C=N–C) groups is 1. The van der Waals surface area contributed by atoms with E-state index >= 15 is 0 Å². The zero-order chi connectivity index (χ0) is 22.8. The predicted octanol–water partition coefficient (Wildman–Crippen LogP) is 3.13. The molecule has 0 bridgehead atoms. The molecule has 0 saturated carbocycles. The first kappa shape index (κ1) is 24.2. The monoisotopic (exact) mass is 438 g/mol. The van der Waals surface area contributed by atoms with Crippen LogP contribution in [0.15, 0.2) is 59.6 Å². The largest absolute Gasteiger partial charge is 0.396 e. The molecule has 0 aromatic heterocycles. The summed E-state index contributed by atoms with van der Waals surface area (Å²) in [6, 6.07) is 18.7. The molecule has 3 N–H and O–H groups in total. The van der Waals surface area contributed by atoms with E-state index in [0.29, 0.717) is 13.1 Å². The van der Waals surface area contributed by atoms with Gasteiger partial charge >= 0.3 is 0 Å². The molecule has 6 heteroatoms. The van der Waals surface area contributed by atoms with Gasteiger partial charge in [0.15, 0.2) is 5.96 Å². The third-order valence-corrected chi connectivity index (χ3v) is 5.77. The second-order valence-corrected chi connectivity index (χ2v) is 8.59. The number of nitrogens with zero attached hydrogens (tertiary/aromatic N) is 2. The Balaban J connectivity index is 1.64. The highest BCUT2D eigenvalue weighted by Crippen LogP contribution is 2.18. The average Bonchev–Trinajstić information content (AvgIpc) is 2.78. The highest BCUT2D eigenvalue weighted by molar-refractivity contribution is 5.79. The van der Waals surface area contributed by atoms with Crippen LogP contribution >= 0.6 is 0 Å². The number of ether oxygens (including phenoxy) is 1. The molecule has 2 aromatic rings. The molecule has 174 valence electrons. The van der Waals surface area contributed by atoms with Crippen molar-refractivity contribution >= 4 is 5.96 Å². The van der Waals surface area contributed by atoms with Crippen LogP contribution in [0, 0.1) is 0 Å². The van der Waals surface area contributed by atoms with Gasteiger partial charge in [-0.3, -0.25) is 4.90 Å². The van der Waals surface area contributed by atoms with Gasteiger partial charge in [0.05, 0.1) is 25.4 Å². The topological polar surface area (TPSA) is 69.1 Å². The lowest BCUT2D eigenvalue weighted by Crippen LogP contribution is -2.44. The average molecular weight is 439 g/mol. The molecule has 6 nitrogen and oxygen atoms in total. The molecule has 3 unspecified atom stereocenters. The third kappa shape index (κ3) is 7.33. The molecule has 3 rings (SSSR count). The maximum Gasteiger partial charge on any atom is 0.191 e. The summed E-state index contributed by atoms with van der Waals surface area (Å²) < 4.78 is 5.88. The van der Waals surface area contributed by atoms with E-state index in [1.165, 1.54) is 11.1 Å². The highest BCUT2D eigenvalue weighted by Gasteiger charge is 2.22. The van der Waals surface area contributed by atoms with Gasteiger partial charge in [-0.1, -0.05) is 54.6 Å². The Kier molecular flexibility index (Phi) is 9.53. The summed E-state index contributed by atoms with van der Waals surface area (Å²) in [6.07, 6.45) is 0.523. The predicted molar refractivity (Wildman–Crippen MR) is 131 cm³/mol. The van der Waals surface area contributed by atoms with Gasteiger partial charge in [0.1, 0.15) is 0 Å². The number of morpholine rings is 1. The van der Waals surface area contributed by atoms with E-state index in [-0.39, 0.29) is 24.7 Å². The zero-order valence-electron chi connectivity index (χ0n) is 19.6. The third-order valence-electron chi connectivity index (χ3n) is 5.77. The van der Waals surface area contributed by atoms with Gasteiger partial charge in [-0.25, -0.2) is 4.99 Å². The number of aliphatic hydroxyl groups is 1. The van der Waals surface area contributed by atoms with Crippen molar-refractivity contribution in [2.24, 2.45) is 4.99 Å². The normalized spacial score (nSPS) is 20.7. The van der Waals surface area contributed by atoms with Crippen LogP contribution in [0.2, 0.25) is 0 Å². The zero-order valence-corrected chi connectivity index (χ0v) is 19.6. The van der Waals surface area contributed by atoms with Gasteiger partial charge in [-0.2, -0.15) is 0 Å². The summed E-state index contributed by atoms with van der Waals surface area (Å²) in [5, 5.41) is 16.6. The Morgan fingerprint density at radius 1 is 1.03 bits per heavy atom. The molecule has 0 amide bonds. The quantitative estimate of drug-likeness (QED) is 0.415. The van der Waals surface area contributed by atoms with Crippen molar-refractivity contribution in [2.45, 2.75) is 52.0 Å². The summed E-state index contributed by atoms with van der Waals surface area (Å²) >= 11 is 0. The fourth-order valence-corrected chi connectivity index (χ4v) is 4.26. The van der Waals surface area contributed by atoms with Crippen LogP contribution in [0.5, 0.6) is 0 Å². The summed E-state index contributed by atoms with van der Waals surface area (Å²) in [7, 11) is 0. The van der Waals surface area contributed by atoms with Gasteiger partial charge in [0.2, 0.25) is 0 Å². The number of rotatable bonds is 9. The van der Waals surface area contributed by atoms with Crippen LogP contribution in [0.4, 0.5) is 0 Å². The molecule has 1 heterocycles. The summed E-state index contributed by atoms with van der Waals surface area (Å²) in [6.45, 7) is 11.3. The molecule has 3 atom stereocenters. The van der Waals surface area contributed by atoms with Gasteiger partial charge in [-0.15, -0.1) is 0 Å². The second kappa shape index (κ2) is 12.6. The fourth-order valence-electron chi connectivity index (χ4n) is 4.26. The molecule has 1 fully saturated rings. The molecule has 1 saturated heterocycles.